The van der Waals surface area contributed by atoms with E-state index in [0.29, 0.717) is 5.82 Å². The number of esters is 1. The van der Waals surface area contributed by atoms with Crippen LogP contribution in [0.2, 0.25) is 0 Å². The molecule has 5 heteroatoms. The van der Waals surface area contributed by atoms with Crippen molar-refractivity contribution in [2.24, 2.45) is 0 Å². The Morgan fingerprint density at radius 1 is 1.39 bits per heavy atom. The molecule has 100 valence electrons. The van der Waals surface area contributed by atoms with Crippen molar-refractivity contribution >= 4 is 11.8 Å². The molecule has 0 unspecified atom stereocenters. The van der Waals surface area contributed by atoms with E-state index in [4.69, 9.17) is 4.74 Å². The fourth-order valence-corrected chi connectivity index (χ4v) is 1.43. The molecular weight excluding hydrogens is 230 g/mol. The second-order valence-electron chi connectivity index (χ2n) is 5.08. The van der Waals surface area contributed by atoms with Crippen LogP contribution in [0.3, 0.4) is 0 Å². The minimum absolute atomic E-state index is 0.111. The molecule has 1 rings (SSSR count). The van der Waals surface area contributed by atoms with E-state index in [2.05, 4.69) is 22.2 Å². The van der Waals surface area contributed by atoms with Crippen molar-refractivity contribution in [2.75, 3.05) is 11.9 Å². The molecular formula is C13H21N3O2. The average molecular weight is 251 g/mol. The second kappa shape index (κ2) is 6.33. The number of rotatable bonds is 5. The monoisotopic (exact) mass is 251 g/mol. The maximum atomic E-state index is 11.5. The lowest BCUT2D eigenvalue weighted by Crippen LogP contribution is -2.28. The van der Waals surface area contributed by atoms with Crippen molar-refractivity contribution in [3.8, 4) is 0 Å². The Morgan fingerprint density at radius 3 is 2.72 bits per heavy atom. The van der Waals surface area contributed by atoms with Gasteiger partial charge in [0.2, 0.25) is 0 Å². The van der Waals surface area contributed by atoms with Crippen LogP contribution in [0.4, 0.5) is 5.82 Å². The highest BCUT2D eigenvalue weighted by Crippen LogP contribution is 2.08. The molecule has 1 N–H and O–H groups in total. The van der Waals surface area contributed by atoms with Crippen molar-refractivity contribution in [1.82, 2.24) is 9.97 Å². The average Bonchev–Trinajstić information content (AvgIpc) is 2.25. The molecule has 0 bridgehead atoms. The molecule has 0 amide bonds. The fraction of sp³-hybridized carbons (Fsp3) is 0.615. The van der Waals surface area contributed by atoms with Gasteiger partial charge in [-0.2, -0.15) is 0 Å². The predicted molar refractivity (Wildman–Crippen MR) is 70.4 cm³/mol. The first kappa shape index (κ1) is 14.4. The number of hydrogen-bond donors (Lipinski definition) is 1. The molecule has 1 aromatic rings. The number of ether oxygens (including phenoxy) is 1. The maximum absolute atomic E-state index is 11.5. The molecule has 1 aromatic heterocycles. The van der Waals surface area contributed by atoms with Crippen LogP contribution in [0.15, 0.2) is 12.4 Å². The number of hydrogen-bond acceptors (Lipinski definition) is 5. The molecule has 0 radical (unpaired) electrons. The first-order valence-electron chi connectivity index (χ1n) is 6.17. The Labute approximate surface area is 108 Å². The summed E-state index contributed by atoms with van der Waals surface area (Å²) < 4.78 is 5.19. The van der Waals surface area contributed by atoms with Gasteiger partial charge in [0, 0.05) is 11.8 Å². The molecule has 0 aliphatic heterocycles. The molecule has 0 atom stereocenters. The molecule has 0 spiro atoms. The summed E-state index contributed by atoms with van der Waals surface area (Å²) in [5, 5.41) is 2.94. The van der Waals surface area contributed by atoms with Crippen LogP contribution < -0.4 is 5.32 Å². The van der Waals surface area contributed by atoms with Gasteiger partial charge in [-0.3, -0.25) is 4.79 Å². The van der Waals surface area contributed by atoms with Gasteiger partial charge in [-0.25, -0.2) is 9.97 Å². The predicted octanol–water partition coefficient (Wildman–Crippen LogP) is 2.18. The Morgan fingerprint density at radius 2 is 2.11 bits per heavy atom. The summed E-state index contributed by atoms with van der Waals surface area (Å²) in [6, 6.07) is 1.86. The van der Waals surface area contributed by atoms with Crippen LogP contribution in [-0.2, 0) is 16.0 Å². The van der Waals surface area contributed by atoms with Crippen LogP contribution in [-0.4, -0.2) is 28.1 Å². The van der Waals surface area contributed by atoms with Gasteiger partial charge in [0.25, 0.3) is 0 Å². The summed E-state index contributed by atoms with van der Waals surface area (Å²) in [7, 11) is 0. The van der Waals surface area contributed by atoms with Crippen molar-refractivity contribution in [1.29, 1.82) is 0 Å². The molecule has 0 aliphatic rings. The normalized spacial score (nSPS) is 11.1. The Hall–Kier alpha value is -1.65. The van der Waals surface area contributed by atoms with E-state index >= 15 is 0 Å². The molecule has 0 saturated heterocycles. The SMILES string of the molecule is CCCc1cc(NCC(=O)OC(C)(C)C)ncn1. The number of aromatic nitrogens is 2. The summed E-state index contributed by atoms with van der Waals surface area (Å²) in [4.78, 5) is 19.7. The number of anilines is 1. The molecule has 1 heterocycles. The molecule has 0 aromatic carbocycles. The maximum Gasteiger partial charge on any atom is 0.325 e. The highest BCUT2D eigenvalue weighted by atomic mass is 16.6. The van der Waals surface area contributed by atoms with Crippen LogP contribution in [0.1, 0.15) is 39.8 Å². The number of carbonyl (C=O) groups excluding carboxylic acids is 1. The van der Waals surface area contributed by atoms with Gasteiger partial charge in [0.1, 0.15) is 24.3 Å². The Kier molecular flexibility index (Phi) is 5.07. The standard InChI is InChI=1S/C13H21N3O2/c1-5-6-10-7-11(16-9-15-10)14-8-12(17)18-13(2,3)4/h7,9H,5-6,8H2,1-4H3,(H,14,15,16). The summed E-state index contributed by atoms with van der Waals surface area (Å²) >= 11 is 0. The van der Waals surface area contributed by atoms with Gasteiger partial charge < -0.3 is 10.1 Å². The summed E-state index contributed by atoms with van der Waals surface area (Å²) in [6.07, 6.45) is 3.44. The summed E-state index contributed by atoms with van der Waals surface area (Å²) in [5.74, 6) is 0.359. The largest absolute Gasteiger partial charge is 0.459 e. The third-order valence-electron chi connectivity index (χ3n) is 2.06. The highest BCUT2D eigenvalue weighted by molar-refractivity contribution is 5.74. The smallest absolute Gasteiger partial charge is 0.325 e. The zero-order valence-electron chi connectivity index (χ0n) is 11.5. The second-order valence-corrected chi connectivity index (χ2v) is 5.08. The molecule has 0 saturated carbocycles. The van der Waals surface area contributed by atoms with E-state index in [0.717, 1.165) is 18.5 Å². The Balaban J connectivity index is 2.48. The first-order chi connectivity index (χ1) is 8.40. The fourth-order valence-electron chi connectivity index (χ4n) is 1.43. The van der Waals surface area contributed by atoms with Crippen LogP contribution in [0.25, 0.3) is 0 Å². The van der Waals surface area contributed by atoms with Crippen molar-refractivity contribution in [3.63, 3.8) is 0 Å². The van der Waals surface area contributed by atoms with Crippen molar-refractivity contribution in [3.05, 3.63) is 18.1 Å². The van der Waals surface area contributed by atoms with Gasteiger partial charge in [0.05, 0.1) is 0 Å². The molecule has 18 heavy (non-hydrogen) atoms. The zero-order chi connectivity index (χ0) is 13.6. The van der Waals surface area contributed by atoms with E-state index in [1.54, 1.807) is 0 Å². The van der Waals surface area contributed by atoms with E-state index in [1.807, 2.05) is 26.8 Å². The van der Waals surface area contributed by atoms with E-state index < -0.39 is 5.60 Å². The third-order valence-corrected chi connectivity index (χ3v) is 2.06. The van der Waals surface area contributed by atoms with Crippen LogP contribution >= 0.6 is 0 Å². The number of carbonyl (C=O) groups is 1. The van der Waals surface area contributed by atoms with Gasteiger partial charge in [0.15, 0.2) is 0 Å². The summed E-state index contributed by atoms with van der Waals surface area (Å²) in [6.45, 7) is 7.73. The van der Waals surface area contributed by atoms with Gasteiger partial charge >= 0.3 is 5.97 Å². The quantitative estimate of drug-likeness (QED) is 0.813. The minimum Gasteiger partial charge on any atom is -0.459 e. The van der Waals surface area contributed by atoms with Crippen molar-refractivity contribution in [2.45, 2.75) is 46.1 Å². The number of nitrogens with one attached hydrogen (secondary N) is 1. The lowest BCUT2D eigenvalue weighted by Gasteiger charge is -2.19. The molecule has 0 aliphatic carbocycles. The lowest BCUT2D eigenvalue weighted by atomic mass is 10.2. The Bertz CT molecular complexity index is 399. The highest BCUT2D eigenvalue weighted by Gasteiger charge is 2.15. The van der Waals surface area contributed by atoms with Gasteiger partial charge in [-0.1, -0.05) is 13.3 Å². The van der Waals surface area contributed by atoms with Gasteiger partial charge in [-0.15, -0.1) is 0 Å². The zero-order valence-corrected chi connectivity index (χ0v) is 11.5. The lowest BCUT2D eigenvalue weighted by molar-refractivity contribution is -0.152. The van der Waals surface area contributed by atoms with Crippen molar-refractivity contribution < 1.29 is 9.53 Å². The van der Waals surface area contributed by atoms with E-state index in [-0.39, 0.29) is 12.5 Å². The molecule has 5 nitrogen and oxygen atoms in total. The number of aryl methyl sites for hydroxylation is 1. The molecule has 0 fully saturated rings. The first-order valence-corrected chi connectivity index (χ1v) is 6.17. The minimum atomic E-state index is -0.461. The van der Waals surface area contributed by atoms with Crippen LogP contribution in [0, 0.1) is 0 Å². The third kappa shape index (κ3) is 5.61. The van der Waals surface area contributed by atoms with Crippen LogP contribution in [0.5, 0.6) is 0 Å². The topological polar surface area (TPSA) is 64.1 Å². The van der Waals surface area contributed by atoms with E-state index in [1.165, 1.54) is 6.33 Å². The van der Waals surface area contributed by atoms with Gasteiger partial charge in [-0.05, 0) is 27.2 Å². The number of nitrogens with zero attached hydrogens (tertiary/aromatic N) is 2. The summed E-state index contributed by atoms with van der Waals surface area (Å²) in [5.41, 5.74) is 0.511. The van der Waals surface area contributed by atoms with E-state index in [9.17, 15) is 4.79 Å².